The lowest BCUT2D eigenvalue weighted by atomic mass is 10.4. The van der Waals surface area contributed by atoms with Gasteiger partial charge in [0.1, 0.15) is 0 Å². The standard InChI is InChI=1S/C4H7NO4S/c6-4-2-1-3-5(4)9-10(7)8/h1-3H2,(H,7,8). The lowest BCUT2D eigenvalue weighted by Crippen LogP contribution is -2.25. The van der Waals surface area contributed by atoms with Gasteiger partial charge in [0.2, 0.25) is 5.91 Å². The number of rotatable bonds is 2. The zero-order chi connectivity index (χ0) is 7.56. The fraction of sp³-hybridized carbons (Fsp3) is 0.750. The van der Waals surface area contributed by atoms with Gasteiger partial charge in [-0.05, 0) is 6.42 Å². The van der Waals surface area contributed by atoms with E-state index >= 15 is 0 Å². The van der Waals surface area contributed by atoms with Gasteiger partial charge >= 0.3 is 11.4 Å². The van der Waals surface area contributed by atoms with Crippen molar-refractivity contribution >= 4 is 17.3 Å². The molecule has 0 spiro atoms. The van der Waals surface area contributed by atoms with Gasteiger partial charge in [-0.15, -0.1) is 4.28 Å². The molecular weight excluding hydrogens is 158 g/mol. The van der Waals surface area contributed by atoms with Gasteiger partial charge in [-0.1, -0.05) is 0 Å². The van der Waals surface area contributed by atoms with Gasteiger partial charge in [0.15, 0.2) is 0 Å². The number of hydrogen-bond acceptors (Lipinski definition) is 3. The minimum atomic E-state index is -2.37. The van der Waals surface area contributed by atoms with Crippen LogP contribution in [-0.2, 0) is 20.4 Å². The number of amides is 1. The highest BCUT2D eigenvalue weighted by Crippen LogP contribution is 2.09. The average Bonchev–Trinajstić information content (AvgIpc) is 2.15. The number of nitrogens with zero attached hydrogens (tertiary/aromatic N) is 1. The largest absolute Gasteiger partial charge is 0.325 e. The van der Waals surface area contributed by atoms with Crippen molar-refractivity contribution in [3.63, 3.8) is 0 Å². The predicted octanol–water partition coefficient (Wildman–Crippen LogP) is -0.323. The molecule has 1 fully saturated rings. The molecule has 1 unspecified atom stereocenters. The van der Waals surface area contributed by atoms with Crippen molar-refractivity contribution in [3.8, 4) is 0 Å². The Morgan fingerprint density at radius 1 is 1.70 bits per heavy atom. The smallest absolute Gasteiger partial charge is 0.282 e. The first-order valence-electron chi connectivity index (χ1n) is 2.80. The lowest BCUT2D eigenvalue weighted by Gasteiger charge is -2.09. The van der Waals surface area contributed by atoms with Crippen LogP contribution in [0.1, 0.15) is 12.8 Å². The molecular formula is C4H7NO4S. The first kappa shape index (κ1) is 7.64. The molecule has 0 aromatic heterocycles. The average molecular weight is 165 g/mol. The highest BCUT2D eigenvalue weighted by atomic mass is 32.2. The maximum Gasteiger partial charge on any atom is 0.325 e. The van der Waals surface area contributed by atoms with Crippen molar-refractivity contribution in [1.82, 2.24) is 5.06 Å². The number of hydroxylamine groups is 2. The zero-order valence-corrected chi connectivity index (χ0v) is 5.97. The molecule has 1 saturated heterocycles. The van der Waals surface area contributed by atoms with Crippen molar-refractivity contribution in [2.45, 2.75) is 12.8 Å². The van der Waals surface area contributed by atoms with Gasteiger partial charge in [0.05, 0.1) is 6.54 Å². The summed E-state index contributed by atoms with van der Waals surface area (Å²) in [5.74, 6) is -0.234. The molecule has 0 aromatic carbocycles. The molecule has 0 aromatic rings. The molecule has 0 radical (unpaired) electrons. The van der Waals surface area contributed by atoms with E-state index in [0.717, 1.165) is 5.06 Å². The van der Waals surface area contributed by atoms with E-state index in [1.807, 2.05) is 0 Å². The minimum Gasteiger partial charge on any atom is -0.282 e. The van der Waals surface area contributed by atoms with Crippen LogP contribution in [0, 0.1) is 0 Å². The van der Waals surface area contributed by atoms with Crippen molar-refractivity contribution in [1.29, 1.82) is 0 Å². The van der Waals surface area contributed by atoms with Crippen LogP contribution in [-0.4, -0.2) is 26.3 Å². The third-order valence-corrected chi connectivity index (χ3v) is 1.49. The van der Waals surface area contributed by atoms with Crippen molar-refractivity contribution in [2.75, 3.05) is 6.54 Å². The molecule has 0 saturated carbocycles. The van der Waals surface area contributed by atoms with Gasteiger partial charge in [-0.3, -0.25) is 9.35 Å². The Labute approximate surface area is 60.4 Å². The SMILES string of the molecule is O=C1CCCN1OS(=O)O. The van der Waals surface area contributed by atoms with Crippen LogP contribution in [0.3, 0.4) is 0 Å². The highest BCUT2D eigenvalue weighted by molar-refractivity contribution is 7.74. The molecule has 0 bridgehead atoms. The molecule has 6 heteroatoms. The van der Waals surface area contributed by atoms with Gasteiger partial charge in [0, 0.05) is 6.42 Å². The Bertz CT molecular complexity index is 171. The Morgan fingerprint density at radius 3 is 2.80 bits per heavy atom. The second-order valence-electron chi connectivity index (χ2n) is 1.89. The minimum absolute atomic E-state index is 0.234. The molecule has 0 aliphatic carbocycles. The fourth-order valence-corrected chi connectivity index (χ4v) is 1.09. The van der Waals surface area contributed by atoms with Gasteiger partial charge in [-0.2, -0.15) is 4.21 Å². The summed E-state index contributed by atoms with van der Waals surface area (Å²) in [4.78, 5) is 10.7. The Hall–Kier alpha value is -0.460. The van der Waals surface area contributed by atoms with Crippen LogP contribution in [0.4, 0.5) is 0 Å². The summed E-state index contributed by atoms with van der Waals surface area (Å²) >= 11 is -2.37. The molecule has 1 aliphatic rings. The summed E-state index contributed by atoms with van der Waals surface area (Å²) in [5.41, 5.74) is 0. The molecule has 1 heterocycles. The first-order valence-corrected chi connectivity index (χ1v) is 3.83. The summed E-state index contributed by atoms with van der Waals surface area (Å²) in [6.07, 6.45) is 1.09. The zero-order valence-electron chi connectivity index (χ0n) is 5.15. The van der Waals surface area contributed by atoms with E-state index in [1.54, 1.807) is 0 Å². The number of carbonyl (C=O) groups excluding carboxylic acids is 1. The fourth-order valence-electron chi connectivity index (χ4n) is 0.779. The number of carbonyl (C=O) groups is 1. The summed E-state index contributed by atoms with van der Waals surface area (Å²) < 4.78 is 22.4. The van der Waals surface area contributed by atoms with Gasteiger partial charge in [0.25, 0.3) is 0 Å². The van der Waals surface area contributed by atoms with E-state index in [9.17, 15) is 9.00 Å². The second kappa shape index (κ2) is 3.09. The molecule has 1 rings (SSSR count). The molecule has 1 aliphatic heterocycles. The van der Waals surface area contributed by atoms with Crippen LogP contribution >= 0.6 is 0 Å². The maximum absolute atomic E-state index is 10.7. The molecule has 58 valence electrons. The topological polar surface area (TPSA) is 66.8 Å². The Morgan fingerprint density at radius 2 is 2.40 bits per heavy atom. The first-order chi connectivity index (χ1) is 4.70. The summed E-state index contributed by atoms with van der Waals surface area (Å²) in [6.45, 7) is 0.408. The van der Waals surface area contributed by atoms with E-state index in [0.29, 0.717) is 19.4 Å². The second-order valence-corrected chi connectivity index (χ2v) is 2.47. The molecule has 1 N–H and O–H groups in total. The van der Waals surface area contributed by atoms with Crippen molar-refractivity contribution < 1.29 is 17.8 Å². The third kappa shape index (κ3) is 1.76. The third-order valence-electron chi connectivity index (χ3n) is 1.18. The summed E-state index contributed by atoms with van der Waals surface area (Å²) in [6, 6.07) is 0. The van der Waals surface area contributed by atoms with Gasteiger partial charge < -0.3 is 0 Å². The molecule has 1 amide bonds. The molecule has 10 heavy (non-hydrogen) atoms. The van der Waals surface area contributed by atoms with Gasteiger partial charge in [-0.25, -0.2) is 5.06 Å². The Balaban J connectivity index is 2.40. The maximum atomic E-state index is 10.7. The van der Waals surface area contributed by atoms with E-state index in [2.05, 4.69) is 4.28 Å². The Kier molecular flexibility index (Phi) is 2.36. The molecule has 5 nitrogen and oxygen atoms in total. The van der Waals surface area contributed by atoms with Crippen molar-refractivity contribution in [3.05, 3.63) is 0 Å². The number of hydrogen-bond donors (Lipinski definition) is 1. The van der Waals surface area contributed by atoms with E-state index in [4.69, 9.17) is 4.55 Å². The summed E-state index contributed by atoms with van der Waals surface area (Å²) in [5, 5.41) is 0.913. The van der Waals surface area contributed by atoms with E-state index < -0.39 is 11.4 Å². The highest BCUT2D eigenvalue weighted by Gasteiger charge is 2.22. The van der Waals surface area contributed by atoms with E-state index in [-0.39, 0.29) is 5.91 Å². The van der Waals surface area contributed by atoms with Crippen LogP contribution in [0.5, 0.6) is 0 Å². The van der Waals surface area contributed by atoms with E-state index in [1.165, 1.54) is 0 Å². The van der Waals surface area contributed by atoms with Crippen LogP contribution in [0.15, 0.2) is 0 Å². The lowest BCUT2D eigenvalue weighted by molar-refractivity contribution is -0.149. The normalized spacial score (nSPS) is 21.7. The summed E-state index contributed by atoms with van der Waals surface area (Å²) in [7, 11) is 0. The monoisotopic (exact) mass is 165 g/mol. The quantitative estimate of drug-likeness (QED) is 0.569. The molecule has 1 atom stereocenters. The predicted molar refractivity (Wildman–Crippen MR) is 32.8 cm³/mol. The van der Waals surface area contributed by atoms with Crippen LogP contribution in [0.2, 0.25) is 0 Å². The van der Waals surface area contributed by atoms with Crippen molar-refractivity contribution in [2.24, 2.45) is 0 Å². The van der Waals surface area contributed by atoms with Crippen LogP contribution in [0.25, 0.3) is 0 Å². The van der Waals surface area contributed by atoms with Crippen LogP contribution < -0.4 is 0 Å².